The highest BCUT2D eigenvalue weighted by Crippen LogP contribution is 2.27. The topological polar surface area (TPSA) is 96.0 Å². The molecule has 8 nitrogen and oxygen atoms in total. The number of hydrogen-bond acceptors (Lipinski definition) is 5. The molecule has 3 rings (SSSR count). The molecule has 3 aromatic rings. The van der Waals surface area contributed by atoms with Gasteiger partial charge in [-0.3, -0.25) is 13.9 Å². The minimum atomic E-state index is -4.13. The fourth-order valence-electron chi connectivity index (χ4n) is 4.15. The zero-order chi connectivity index (χ0) is 28.4. The second kappa shape index (κ2) is 13.8. The van der Waals surface area contributed by atoms with Gasteiger partial charge in [0.05, 0.1) is 17.7 Å². The van der Waals surface area contributed by atoms with E-state index in [-0.39, 0.29) is 29.1 Å². The van der Waals surface area contributed by atoms with Crippen molar-refractivity contribution in [1.29, 1.82) is 0 Å². The standard InChI is InChI=1S/C30H37N3O5S/c1-5-23(3)31-30(35)28(6-2)32(21-24-14-9-7-10-15-24)29(34)22-33(25-16-13-17-26(20-25)38-4)39(36,37)27-18-11-8-12-19-27/h7-20,23,28H,5-6,21-22H2,1-4H3,(H,31,35)/t23-,28+/m0/s1. The van der Waals surface area contributed by atoms with Gasteiger partial charge in [-0.15, -0.1) is 0 Å². The first-order chi connectivity index (χ1) is 18.7. The number of methoxy groups -OCH3 is 1. The molecule has 1 N–H and O–H groups in total. The predicted octanol–water partition coefficient (Wildman–Crippen LogP) is 4.61. The molecule has 0 aliphatic carbocycles. The molecule has 0 heterocycles. The second-order valence-electron chi connectivity index (χ2n) is 9.28. The maximum Gasteiger partial charge on any atom is 0.264 e. The van der Waals surface area contributed by atoms with Crippen molar-refractivity contribution in [2.45, 2.75) is 57.1 Å². The third-order valence-corrected chi connectivity index (χ3v) is 8.32. The van der Waals surface area contributed by atoms with Crippen LogP contribution in [0, 0.1) is 0 Å². The van der Waals surface area contributed by atoms with Gasteiger partial charge in [0.25, 0.3) is 10.0 Å². The average Bonchev–Trinajstić information content (AvgIpc) is 2.96. The quantitative estimate of drug-likeness (QED) is 0.335. The van der Waals surface area contributed by atoms with Gasteiger partial charge < -0.3 is 15.0 Å². The molecule has 3 aromatic carbocycles. The van der Waals surface area contributed by atoms with Gasteiger partial charge in [-0.05, 0) is 49.6 Å². The Morgan fingerprint density at radius 3 is 2.13 bits per heavy atom. The van der Waals surface area contributed by atoms with E-state index in [0.29, 0.717) is 12.2 Å². The van der Waals surface area contributed by atoms with Crippen LogP contribution < -0.4 is 14.4 Å². The van der Waals surface area contributed by atoms with Crippen molar-refractivity contribution in [1.82, 2.24) is 10.2 Å². The first-order valence-electron chi connectivity index (χ1n) is 13.1. The molecule has 39 heavy (non-hydrogen) atoms. The van der Waals surface area contributed by atoms with Gasteiger partial charge in [-0.25, -0.2) is 8.42 Å². The van der Waals surface area contributed by atoms with E-state index in [1.54, 1.807) is 42.5 Å². The van der Waals surface area contributed by atoms with Crippen LogP contribution in [0.25, 0.3) is 0 Å². The largest absolute Gasteiger partial charge is 0.497 e. The predicted molar refractivity (Wildman–Crippen MR) is 153 cm³/mol. The second-order valence-corrected chi connectivity index (χ2v) is 11.1. The Hall–Kier alpha value is -3.85. The zero-order valence-corrected chi connectivity index (χ0v) is 23.7. The Kier molecular flexibility index (Phi) is 10.5. The third kappa shape index (κ3) is 7.60. The van der Waals surface area contributed by atoms with Gasteiger partial charge >= 0.3 is 0 Å². The average molecular weight is 552 g/mol. The molecular formula is C30H37N3O5S. The van der Waals surface area contributed by atoms with Gasteiger partial charge in [0, 0.05) is 18.7 Å². The van der Waals surface area contributed by atoms with E-state index in [0.717, 1.165) is 16.3 Å². The van der Waals surface area contributed by atoms with Crippen LogP contribution in [-0.4, -0.2) is 50.9 Å². The Morgan fingerprint density at radius 1 is 0.897 bits per heavy atom. The molecule has 0 saturated heterocycles. The number of benzene rings is 3. The number of sulfonamides is 1. The molecule has 0 radical (unpaired) electrons. The van der Waals surface area contributed by atoms with E-state index < -0.39 is 28.5 Å². The highest BCUT2D eigenvalue weighted by molar-refractivity contribution is 7.92. The van der Waals surface area contributed by atoms with Crippen LogP contribution in [0.5, 0.6) is 5.75 Å². The summed E-state index contributed by atoms with van der Waals surface area (Å²) >= 11 is 0. The monoisotopic (exact) mass is 551 g/mol. The minimum Gasteiger partial charge on any atom is -0.497 e. The minimum absolute atomic E-state index is 0.0526. The van der Waals surface area contributed by atoms with E-state index in [1.165, 1.54) is 24.1 Å². The number of carbonyl (C=O) groups is 2. The van der Waals surface area contributed by atoms with Crippen LogP contribution in [0.2, 0.25) is 0 Å². The summed E-state index contributed by atoms with van der Waals surface area (Å²) in [6.07, 6.45) is 1.11. The molecule has 0 bridgehead atoms. The van der Waals surface area contributed by atoms with Gasteiger partial charge in [0.2, 0.25) is 11.8 Å². The highest BCUT2D eigenvalue weighted by Gasteiger charge is 2.34. The summed E-state index contributed by atoms with van der Waals surface area (Å²) in [4.78, 5) is 28.8. The number of carbonyl (C=O) groups excluding carboxylic acids is 2. The first-order valence-corrected chi connectivity index (χ1v) is 14.5. The van der Waals surface area contributed by atoms with Crippen LogP contribution in [0.1, 0.15) is 39.2 Å². The first kappa shape index (κ1) is 29.7. The molecule has 0 saturated carbocycles. The fourth-order valence-corrected chi connectivity index (χ4v) is 5.58. The maximum atomic E-state index is 14.0. The molecule has 0 unspecified atom stereocenters. The lowest BCUT2D eigenvalue weighted by molar-refractivity contribution is -0.140. The van der Waals surface area contributed by atoms with Crippen molar-refractivity contribution in [3.05, 3.63) is 90.5 Å². The summed E-state index contributed by atoms with van der Waals surface area (Å²) in [5.41, 5.74) is 1.11. The van der Waals surface area contributed by atoms with Crippen molar-refractivity contribution in [3.8, 4) is 5.75 Å². The number of nitrogens with zero attached hydrogens (tertiary/aromatic N) is 2. The van der Waals surface area contributed by atoms with Crippen LogP contribution in [-0.2, 0) is 26.2 Å². The number of hydrogen-bond donors (Lipinski definition) is 1. The molecule has 0 spiro atoms. The van der Waals surface area contributed by atoms with Crippen molar-refractivity contribution in [2.75, 3.05) is 18.0 Å². The van der Waals surface area contributed by atoms with E-state index in [2.05, 4.69) is 5.32 Å². The van der Waals surface area contributed by atoms with E-state index in [1.807, 2.05) is 51.1 Å². The van der Waals surface area contributed by atoms with E-state index >= 15 is 0 Å². The van der Waals surface area contributed by atoms with Crippen molar-refractivity contribution in [2.24, 2.45) is 0 Å². The molecule has 9 heteroatoms. The van der Waals surface area contributed by atoms with Crippen LogP contribution in [0.4, 0.5) is 5.69 Å². The molecule has 0 aromatic heterocycles. The molecule has 208 valence electrons. The summed E-state index contributed by atoms with van der Waals surface area (Å²) in [7, 11) is -2.64. The highest BCUT2D eigenvalue weighted by atomic mass is 32.2. The third-order valence-electron chi connectivity index (χ3n) is 6.53. The van der Waals surface area contributed by atoms with Gasteiger partial charge in [-0.1, -0.05) is 68.4 Å². The van der Waals surface area contributed by atoms with Gasteiger partial charge in [-0.2, -0.15) is 0 Å². The number of rotatable bonds is 13. The fraction of sp³-hybridized carbons (Fsp3) is 0.333. The Labute approximate surface area is 231 Å². The number of amides is 2. The van der Waals surface area contributed by atoms with E-state index in [9.17, 15) is 18.0 Å². The molecule has 2 amide bonds. The van der Waals surface area contributed by atoms with Crippen LogP contribution >= 0.6 is 0 Å². The van der Waals surface area contributed by atoms with E-state index in [4.69, 9.17) is 4.74 Å². The van der Waals surface area contributed by atoms with Gasteiger partial charge in [0.15, 0.2) is 0 Å². The number of anilines is 1. The van der Waals surface area contributed by atoms with Crippen molar-refractivity contribution >= 4 is 27.5 Å². The molecular weight excluding hydrogens is 514 g/mol. The van der Waals surface area contributed by atoms with Crippen LogP contribution in [0.15, 0.2) is 89.8 Å². The summed E-state index contributed by atoms with van der Waals surface area (Å²) in [5.74, 6) is -0.309. The van der Waals surface area contributed by atoms with Gasteiger partial charge in [0.1, 0.15) is 18.3 Å². The summed E-state index contributed by atoms with van der Waals surface area (Å²) in [6.45, 7) is 5.38. The zero-order valence-electron chi connectivity index (χ0n) is 22.9. The lowest BCUT2D eigenvalue weighted by atomic mass is 10.1. The van der Waals surface area contributed by atoms with Crippen LogP contribution in [0.3, 0.4) is 0 Å². The smallest absolute Gasteiger partial charge is 0.264 e. The Morgan fingerprint density at radius 2 is 1.54 bits per heavy atom. The summed E-state index contributed by atoms with van der Waals surface area (Å²) in [5, 5.41) is 2.98. The Bertz CT molecular complexity index is 1330. The lowest BCUT2D eigenvalue weighted by Gasteiger charge is -2.33. The molecule has 0 fully saturated rings. The molecule has 2 atom stereocenters. The number of nitrogens with one attached hydrogen (secondary N) is 1. The molecule has 0 aliphatic rings. The van der Waals surface area contributed by atoms with Crippen molar-refractivity contribution < 1.29 is 22.7 Å². The lowest BCUT2D eigenvalue weighted by Crippen LogP contribution is -2.53. The normalized spacial score (nSPS) is 12.7. The summed E-state index contributed by atoms with van der Waals surface area (Å²) < 4.78 is 34.1. The summed E-state index contributed by atoms with van der Waals surface area (Å²) in [6, 6.07) is 23.0. The van der Waals surface area contributed by atoms with Crippen molar-refractivity contribution in [3.63, 3.8) is 0 Å². The Balaban J connectivity index is 2.05. The maximum absolute atomic E-state index is 14.0. The SMILES string of the molecule is CC[C@H](C(=O)N[C@@H](C)CC)N(Cc1ccccc1)C(=O)CN(c1cccc(OC)c1)S(=O)(=O)c1ccccc1. The number of ether oxygens (including phenoxy) is 1. The molecule has 0 aliphatic heterocycles.